The van der Waals surface area contributed by atoms with Crippen molar-refractivity contribution >= 4 is 29.1 Å². The molecule has 7 nitrogen and oxygen atoms in total. The molecule has 1 aromatic rings. The van der Waals surface area contributed by atoms with Gasteiger partial charge in [0.2, 0.25) is 0 Å². The fourth-order valence-corrected chi connectivity index (χ4v) is 1.65. The van der Waals surface area contributed by atoms with Gasteiger partial charge in [0, 0.05) is 6.04 Å². The number of carbonyl (C=O) groups excluding carboxylic acids is 2. The lowest BCUT2D eigenvalue weighted by Crippen LogP contribution is -2.51. The molecule has 0 radical (unpaired) electrons. The monoisotopic (exact) mass is 324 g/mol. The van der Waals surface area contributed by atoms with Crippen molar-refractivity contribution in [1.82, 2.24) is 21.5 Å². The van der Waals surface area contributed by atoms with E-state index in [0.717, 1.165) is 0 Å². The van der Waals surface area contributed by atoms with Gasteiger partial charge >= 0.3 is 0 Å². The first kappa shape index (κ1) is 17.7. The average Bonchev–Trinajstić information content (AvgIpc) is 2.49. The van der Waals surface area contributed by atoms with E-state index < -0.39 is 5.91 Å². The first-order valence-electron chi connectivity index (χ1n) is 6.77. The molecule has 0 saturated carbocycles. The Bertz CT molecular complexity index is 508. The zero-order valence-electron chi connectivity index (χ0n) is 12.5. The summed E-state index contributed by atoms with van der Waals surface area (Å²) in [6, 6.07) is 9.11. The Labute approximate surface area is 134 Å². The molecule has 0 fully saturated rings. The molecule has 0 bridgehead atoms. The number of thiocarbonyl (C=S) groups is 1. The number of para-hydroxylation sites is 1. The van der Waals surface area contributed by atoms with Gasteiger partial charge < -0.3 is 15.4 Å². The summed E-state index contributed by atoms with van der Waals surface area (Å²) >= 11 is 4.94. The summed E-state index contributed by atoms with van der Waals surface area (Å²) in [4.78, 5) is 23.0. The zero-order valence-corrected chi connectivity index (χ0v) is 13.3. The van der Waals surface area contributed by atoms with Crippen LogP contribution >= 0.6 is 12.2 Å². The van der Waals surface area contributed by atoms with Crippen LogP contribution in [0.4, 0.5) is 0 Å². The molecular formula is C14H20N4O3S. The van der Waals surface area contributed by atoms with Gasteiger partial charge in [-0.15, -0.1) is 0 Å². The number of carbonyl (C=O) groups is 2. The van der Waals surface area contributed by atoms with E-state index >= 15 is 0 Å². The Hall–Kier alpha value is -2.35. The molecule has 0 aliphatic rings. The van der Waals surface area contributed by atoms with E-state index in [4.69, 9.17) is 17.0 Å². The molecule has 2 amide bonds. The molecular weight excluding hydrogens is 304 g/mol. The fraction of sp³-hybridized carbons (Fsp3) is 0.357. The summed E-state index contributed by atoms with van der Waals surface area (Å²) in [5, 5.41) is 5.64. The van der Waals surface area contributed by atoms with E-state index in [1.165, 1.54) is 0 Å². The molecule has 0 aromatic heterocycles. The minimum atomic E-state index is -0.416. The first-order chi connectivity index (χ1) is 10.5. The van der Waals surface area contributed by atoms with Crippen LogP contribution in [0.25, 0.3) is 0 Å². The highest BCUT2D eigenvalue weighted by atomic mass is 32.1. The molecule has 0 saturated heterocycles. The van der Waals surface area contributed by atoms with Crippen LogP contribution < -0.4 is 26.2 Å². The van der Waals surface area contributed by atoms with E-state index in [9.17, 15) is 9.59 Å². The van der Waals surface area contributed by atoms with Crippen LogP contribution in [0.2, 0.25) is 0 Å². The van der Waals surface area contributed by atoms with Crippen molar-refractivity contribution in [2.45, 2.75) is 19.9 Å². The van der Waals surface area contributed by atoms with Crippen molar-refractivity contribution in [2.24, 2.45) is 0 Å². The van der Waals surface area contributed by atoms with Crippen LogP contribution in [0, 0.1) is 0 Å². The van der Waals surface area contributed by atoms with Crippen LogP contribution in [-0.2, 0) is 9.59 Å². The van der Waals surface area contributed by atoms with Gasteiger partial charge in [0.1, 0.15) is 5.75 Å². The molecule has 8 heteroatoms. The van der Waals surface area contributed by atoms with Crippen molar-refractivity contribution in [3.8, 4) is 5.75 Å². The largest absolute Gasteiger partial charge is 0.484 e. The zero-order chi connectivity index (χ0) is 16.4. The van der Waals surface area contributed by atoms with Crippen molar-refractivity contribution in [3.05, 3.63) is 30.3 Å². The molecule has 0 spiro atoms. The summed E-state index contributed by atoms with van der Waals surface area (Å²) in [7, 11) is 0. The third-order valence-corrected chi connectivity index (χ3v) is 2.51. The van der Waals surface area contributed by atoms with Gasteiger partial charge in [-0.1, -0.05) is 18.2 Å². The third-order valence-electron chi connectivity index (χ3n) is 2.29. The minimum Gasteiger partial charge on any atom is -0.484 e. The maximum Gasteiger partial charge on any atom is 0.258 e. The highest BCUT2D eigenvalue weighted by molar-refractivity contribution is 7.80. The number of hydrogen-bond donors (Lipinski definition) is 4. The van der Waals surface area contributed by atoms with Crippen molar-refractivity contribution < 1.29 is 14.3 Å². The van der Waals surface area contributed by atoms with E-state index in [1.54, 1.807) is 24.3 Å². The second kappa shape index (κ2) is 9.56. The van der Waals surface area contributed by atoms with E-state index in [-0.39, 0.29) is 25.1 Å². The molecule has 1 rings (SSSR count). The predicted octanol–water partition coefficient (Wildman–Crippen LogP) is 0.0853. The summed E-state index contributed by atoms with van der Waals surface area (Å²) in [5.41, 5.74) is 4.90. The number of ether oxygens (including phenoxy) is 1. The first-order valence-corrected chi connectivity index (χ1v) is 7.18. The van der Waals surface area contributed by atoms with E-state index in [0.29, 0.717) is 10.9 Å². The Morgan fingerprint density at radius 2 is 1.82 bits per heavy atom. The molecule has 1 aromatic carbocycles. The number of amides is 2. The van der Waals surface area contributed by atoms with Crippen molar-refractivity contribution in [2.75, 3.05) is 13.2 Å². The van der Waals surface area contributed by atoms with Crippen LogP contribution in [0.1, 0.15) is 13.8 Å². The molecule has 0 unspecified atom stereocenters. The van der Waals surface area contributed by atoms with Gasteiger partial charge in [-0.25, -0.2) is 0 Å². The normalized spacial score (nSPS) is 9.77. The second-order valence-electron chi connectivity index (χ2n) is 4.68. The van der Waals surface area contributed by atoms with E-state index in [1.807, 2.05) is 19.9 Å². The number of hydrogen-bond acceptors (Lipinski definition) is 4. The number of benzene rings is 1. The third kappa shape index (κ3) is 8.05. The molecule has 0 aliphatic heterocycles. The van der Waals surface area contributed by atoms with Gasteiger partial charge in [-0.2, -0.15) is 0 Å². The fourth-order valence-electron chi connectivity index (χ4n) is 1.36. The molecule has 0 heterocycles. The van der Waals surface area contributed by atoms with Crippen molar-refractivity contribution in [3.63, 3.8) is 0 Å². The molecule has 0 atom stereocenters. The van der Waals surface area contributed by atoms with Gasteiger partial charge in [0.05, 0.1) is 6.54 Å². The lowest BCUT2D eigenvalue weighted by atomic mass is 10.3. The van der Waals surface area contributed by atoms with Gasteiger partial charge in [-0.05, 0) is 38.2 Å². The molecule has 4 N–H and O–H groups in total. The predicted molar refractivity (Wildman–Crippen MR) is 87.1 cm³/mol. The minimum absolute atomic E-state index is 0.155. The maximum atomic E-state index is 11.5. The van der Waals surface area contributed by atoms with Gasteiger partial charge in [0.25, 0.3) is 11.8 Å². The summed E-state index contributed by atoms with van der Waals surface area (Å²) in [6.07, 6.45) is 0. The Kier molecular flexibility index (Phi) is 7.69. The average molecular weight is 324 g/mol. The lowest BCUT2D eigenvalue weighted by Gasteiger charge is -2.14. The quantitative estimate of drug-likeness (QED) is 0.438. The number of nitrogens with one attached hydrogen (secondary N) is 4. The van der Waals surface area contributed by atoms with E-state index in [2.05, 4.69) is 21.5 Å². The molecule has 0 aliphatic carbocycles. The van der Waals surface area contributed by atoms with Gasteiger partial charge in [-0.3, -0.25) is 20.4 Å². The molecule has 22 heavy (non-hydrogen) atoms. The number of rotatable bonds is 6. The Morgan fingerprint density at radius 3 is 2.45 bits per heavy atom. The Morgan fingerprint density at radius 1 is 1.14 bits per heavy atom. The van der Waals surface area contributed by atoms with Crippen LogP contribution in [0.5, 0.6) is 5.75 Å². The van der Waals surface area contributed by atoms with Crippen molar-refractivity contribution in [1.29, 1.82) is 0 Å². The molecule has 120 valence electrons. The summed E-state index contributed by atoms with van der Waals surface area (Å²) < 4.78 is 5.25. The highest BCUT2D eigenvalue weighted by Crippen LogP contribution is 2.07. The standard InChI is InChI=1S/C14H20N4O3S/c1-10(2)16-14(22)18-17-12(19)8-15-13(20)9-21-11-6-4-3-5-7-11/h3-7,10H,8-9H2,1-2H3,(H,15,20)(H,17,19)(H2,16,18,22). The highest BCUT2D eigenvalue weighted by Gasteiger charge is 2.06. The second-order valence-corrected chi connectivity index (χ2v) is 5.09. The van der Waals surface area contributed by atoms with Gasteiger partial charge in [0.15, 0.2) is 11.7 Å². The smallest absolute Gasteiger partial charge is 0.258 e. The van der Waals surface area contributed by atoms with Crippen LogP contribution in [0.3, 0.4) is 0 Å². The number of hydrazine groups is 1. The van der Waals surface area contributed by atoms with Crippen LogP contribution in [0.15, 0.2) is 30.3 Å². The maximum absolute atomic E-state index is 11.5. The topological polar surface area (TPSA) is 91.5 Å². The summed E-state index contributed by atoms with van der Waals surface area (Å²) in [6.45, 7) is 3.51. The lowest BCUT2D eigenvalue weighted by molar-refractivity contribution is -0.127. The SMILES string of the molecule is CC(C)NC(=S)NNC(=O)CNC(=O)COc1ccccc1. The Balaban J connectivity index is 2.15. The van der Waals surface area contributed by atoms with Crippen LogP contribution in [-0.4, -0.2) is 36.1 Å². The summed E-state index contributed by atoms with van der Waals surface area (Å²) in [5.74, 6) is -0.211.